The normalized spacial score (nSPS) is 18.3. The second-order valence-electron chi connectivity index (χ2n) is 7.14. The van der Waals surface area contributed by atoms with E-state index in [1.807, 2.05) is 17.0 Å². The number of piperazine rings is 1. The van der Waals surface area contributed by atoms with Gasteiger partial charge in [-0.05, 0) is 30.2 Å². The smallest absolute Gasteiger partial charge is 0.254 e. The number of carbonyl (C=O) groups excluding carboxylic acids is 2. The number of carbonyl (C=O) groups is 2. The van der Waals surface area contributed by atoms with Gasteiger partial charge < -0.3 is 19.3 Å². The van der Waals surface area contributed by atoms with Gasteiger partial charge in [0.05, 0.1) is 19.5 Å². The van der Waals surface area contributed by atoms with Crippen LogP contribution in [0.2, 0.25) is 0 Å². The second-order valence-corrected chi connectivity index (χ2v) is 8.38. The Kier molecular flexibility index (Phi) is 5.67. The van der Waals surface area contributed by atoms with Crippen LogP contribution in [0.5, 0.6) is 11.5 Å². The zero-order valence-electron chi connectivity index (χ0n) is 16.6. The highest BCUT2D eigenvalue weighted by Crippen LogP contribution is 2.37. The van der Waals surface area contributed by atoms with E-state index >= 15 is 0 Å². The number of ether oxygens (including phenoxy) is 2. The van der Waals surface area contributed by atoms with Crippen LogP contribution < -0.4 is 9.47 Å². The molecule has 2 aromatic rings. The maximum atomic E-state index is 13.0. The topological polar surface area (TPSA) is 59.1 Å². The third kappa shape index (κ3) is 4.05. The van der Waals surface area contributed by atoms with E-state index < -0.39 is 0 Å². The average molecular weight is 413 g/mol. The maximum absolute atomic E-state index is 13.0. The molecule has 29 heavy (non-hydrogen) atoms. The lowest BCUT2D eigenvalue weighted by atomic mass is 10.1. The molecular weight excluding hydrogens is 388 g/mol. The monoisotopic (exact) mass is 412 g/mol. The van der Waals surface area contributed by atoms with Crippen LogP contribution in [0.4, 0.5) is 0 Å². The molecule has 0 N–H and O–H groups in total. The molecule has 1 atom stereocenters. The first-order valence-electron chi connectivity index (χ1n) is 9.64. The summed E-state index contributed by atoms with van der Waals surface area (Å²) in [7, 11) is 3.12. The lowest BCUT2D eigenvalue weighted by molar-refractivity contribution is -0.132. The van der Waals surface area contributed by atoms with E-state index in [0.717, 1.165) is 6.42 Å². The quantitative estimate of drug-likeness (QED) is 0.773. The van der Waals surface area contributed by atoms with Crippen molar-refractivity contribution in [2.24, 2.45) is 0 Å². The molecule has 0 bridgehead atoms. The Morgan fingerprint density at radius 3 is 2.17 bits per heavy atom. The van der Waals surface area contributed by atoms with Crippen molar-refractivity contribution in [3.8, 4) is 11.5 Å². The Hall–Kier alpha value is -2.67. The Morgan fingerprint density at radius 2 is 1.55 bits per heavy atom. The molecule has 0 spiro atoms. The van der Waals surface area contributed by atoms with E-state index in [1.54, 1.807) is 49.1 Å². The molecule has 2 aromatic carbocycles. The van der Waals surface area contributed by atoms with E-state index in [1.165, 1.54) is 10.5 Å². The van der Waals surface area contributed by atoms with Crippen LogP contribution in [0.15, 0.2) is 47.4 Å². The Balaban J connectivity index is 1.37. The first-order chi connectivity index (χ1) is 14.1. The first-order valence-corrected chi connectivity index (χ1v) is 10.5. The first kappa shape index (κ1) is 19.6. The summed E-state index contributed by atoms with van der Waals surface area (Å²) < 4.78 is 10.5. The molecule has 0 radical (unpaired) electrons. The van der Waals surface area contributed by atoms with Crippen molar-refractivity contribution in [2.75, 3.05) is 40.4 Å². The molecule has 0 saturated carbocycles. The molecule has 2 aliphatic heterocycles. The predicted molar refractivity (Wildman–Crippen MR) is 112 cm³/mol. The van der Waals surface area contributed by atoms with Crippen LogP contribution in [0, 0.1) is 0 Å². The fourth-order valence-corrected chi connectivity index (χ4v) is 5.05. The lowest BCUT2D eigenvalue weighted by Gasteiger charge is -2.36. The fourth-order valence-electron chi connectivity index (χ4n) is 3.77. The van der Waals surface area contributed by atoms with Gasteiger partial charge in [0.15, 0.2) is 0 Å². The highest BCUT2D eigenvalue weighted by atomic mass is 32.2. The Bertz CT molecular complexity index is 878. The Morgan fingerprint density at radius 1 is 0.931 bits per heavy atom. The van der Waals surface area contributed by atoms with Crippen molar-refractivity contribution >= 4 is 23.6 Å². The molecule has 4 rings (SSSR count). The molecule has 7 heteroatoms. The van der Waals surface area contributed by atoms with Gasteiger partial charge in [-0.3, -0.25) is 9.59 Å². The molecule has 0 aromatic heterocycles. The molecule has 1 fully saturated rings. The number of benzene rings is 2. The average Bonchev–Trinajstić information content (AvgIpc) is 3.22. The largest absolute Gasteiger partial charge is 0.497 e. The Labute approximate surface area is 174 Å². The van der Waals surface area contributed by atoms with Gasteiger partial charge >= 0.3 is 0 Å². The summed E-state index contributed by atoms with van der Waals surface area (Å²) in [6.07, 6.45) is 0.780. The fraction of sp³-hybridized carbons (Fsp3) is 0.364. The van der Waals surface area contributed by atoms with Crippen LogP contribution in [0.25, 0.3) is 0 Å². The van der Waals surface area contributed by atoms with Gasteiger partial charge in [0.1, 0.15) is 11.5 Å². The molecular formula is C22H24N2O4S. The van der Waals surface area contributed by atoms with Crippen LogP contribution in [0.3, 0.4) is 0 Å². The van der Waals surface area contributed by atoms with Crippen molar-refractivity contribution < 1.29 is 19.1 Å². The van der Waals surface area contributed by atoms with E-state index in [0.29, 0.717) is 43.2 Å². The van der Waals surface area contributed by atoms with E-state index in [-0.39, 0.29) is 17.1 Å². The molecule has 152 valence electrons. The van der Waals surface area contributed by atoms with E-state index in [4.69, 9.17) is 9.47 Å². The number of methoxy groups -OCH3 is 2. The van der Waals surface area contributed by atoms with Crippen LogP contribution >= 0.6 is 11.8 Å². The van der Waals surface area contributed by atoms with Crippen molar-refractivity contribution in [3.63, 3.8) is 0 Å². The molecule has 1 saturated heterocycles. The summed E-state index contributed by atoms with van der Waals surface area (Å²) >= 11 is 1.65. The number of fused-ring (bicyclic) bond motifs is 1. The van der Waals surface area contributed by atoms with Gasteiger partial charge in [-0.1, -0.05) is 18.2 Å². The number of hydrogen-bond donors (Lipinski definition) is 0. The summed E-state index contributed by atoms with van der Waals surface area (Å²) in [5, 5.41) is -0.0581. The zero-order valence-corrected chi connectivity index (χ0v) is 17.4. The predicted octanol–water partition coefficient (Wildman–Crippen LogP) is 2.71. The van der Waals surface area contributed by atoms with Gasteiger partial charge in [-0.2, -0.15) is 0 Å². The van der Waals surface area contributed by atoms with E-state index in [9.17, 15) is 9.59 Å². The minimum Gasteiger partial charge on any atom is -0.497 e. The summed E-state index contributed by atoms with van der Waals surface area (Å²) in [5.74, 6) is 1.26. The zero-order chi connectivity index (χ0) is 20.4. The van der Waals surface area contributed by atoms with Crippen LogP contribution in [-0.2, 0) is 11.2 Å². The minimum absolute atomic E-state index is 0.0581. The molecule has 2 aliphatic rings. The maximum Gasteiger partial charge on any atom is 0.254 e. The number of nitrogens with zero attached hydrogens (tertiary/aromatic N) is 2. The molecule has 1 unspecified atom stereocenters. The molecule has 6 nitrogen and oxygen atoms in total. The molecule has 0 aliphatic carbocycles. The lowest BCUT2D eigenvalue weighted by Crippen LogP contribution is -2.52. The standard InChI is InChI=1S/C22H24N2O4S/c1-27-17-11-16(12-18(14-17)28-2)21(25)23-7-9-24(10-8-23)22(26)20-13-15-5-3-4-6-19(15)29-20/h3-6,11-12,14,20H,7-10,13H2,1-2H3. The minimum atomic E-state index is -0.0723. The summed E-state index contributed by atoms with van der Waals surface area (Å²) in [4.78, 5) is 30.8. The molecule has 2 amide bonds. The van der Waals surface area contributed by atoms with Crippen LogP contribution in [-0.4, -0.2) is 67.3 Å². The number of thioether (sulfide) groups is 1. The summed E-state index contributed by atoms with van der Waals surface area (Å²) in [6, 6.07) is 13.4. The van der Waals surface area contributed by atoms with Crippen molar-refractivity contribution in [1.82, 2.24) is 9.80 Å². The highest BCUT2D eigenvalue weighted by molar-refractivity contribution is 8.01. The van der Waals surface area contributed by atoms with Crippen molar-refractivity contribution in [3.05, 3.63) is 53.6 Å². The van der Waals surface area contributed by atoms with Crippen molar-refractivity contribution in [2.45, 2.75) is 16.6 Å². The van der Waals surface area contributed by atoms with Gasteiger partial charge in [0.25, 0.3) is 5.91 Å². The van der Waals surface area contributed by atoms with Crippen molar-refractivity contribution in [1.29, 1.82) is 0 Å². The number of amides is 2. The highest BCUT2D eigenvalue weighted by Gasteiger charge is 2.33. The number of rotatable bonds is 4. The second kappa shape index (κ2) is 8.37. The third-order valence-electron chi connectivity index (χ3n) is 5.40. The van der Waals surface area contributed by atoms with Gasteiger partial charge in [-0.25, -0.2) is 0 Å². The summed E-state index contributed by atoms with van der Waals surface area (Å²) in [5.41, 5.74) is 1.78. The summed E-state index contributed by atoms with van der Waals surface area (Å²) in [6.45, 7) is 2.15. The van der Waals surface area contributed by atoms with E-state index in [2.05, 4.69) is 12.1 Å². The SMILES string of the molecule is COc1cc(OC)cc(C(=O)N2CCN(C(=O)C3Cc4ccccc4S3)CC2)c1. The van der Waals surface area contributed by atoms with Crippen LogP contribution in [0.1, 0.15) is 15.9 Å². The third-order valence-corrected chi connectivity index (χ3v) is 6.70. The van der Waals surface area contributed by atoms with Gasteiger partial charge in [0, 0.05) is 42.7 Å². The molecule has 2 heterocycles. The number of hydrogen-bond acceptors (Lipinski definition) is 5. The van der Waals surface area contributed by atoms with Gasteiger partial charge in [0.2, 0.25) is 5.91 Å². The van der Waals surface area contributed by atoms with Gasteiger partial charge in [-0.15, -0.1) is 11.8 Å².